The molecular formula is C12H22BN3. The second-order valence-electron chi connectivity index (χ2n) is 4.31. The molecule has 1 atom stereocenters. The monoisotopic (exact) mass is 219 g/mol. The van der Waals surface area contributed by atoms with Gasteiger partial charge in [0.25, 0.3) is 0 Å². The molecule has 0 saturated carbocycles. The van der Waals surface area contributed by atoms with E-state index < -0.39 is 0 Å². The second kappa shape index (κ2) is 4.94. The summed E-state index contributed by atoms with van der Waals surface area (Å²) in [5.74, 6) is 0.911. The maximum absolute atomic E-state index is 6.22. The Hall–Kier alpha value is -0.925. The van der Waals surface area contributed by atoms with Gasteiger partial charge in [-0.3, -0.25) is 0 Å². The van der Waals surface area contributed by atoms with E-state index in [2.05, 4.69) is 21.8 Å². The third kappa shape index (κ3) is 2.11. The van der Waals surface area contributed by atoms with Crippen LogP contribution in [0.5, 0.6) is 0 Å². The summed E-state index contributed by atoms with van der Waals surface area (Å²) in [5.41, 5.74) is 2.35. The van der Waals surface area contributed by atoms with E-state index in [1.165, 1.54) is 5.69 Å². The number of nitrogens with zero attached hydrogens (tertiary/aromatic N) is 2. The number of aromatic nitrogens is 2. The molecule has 1 heterocycles. The molecule has 1 N–H and O–H groups in total. The van der Waals surface area contributed by atoms with E-state index in [0.29, 0.717) is 0 Å². The molecule has 0 saturated heterocycles. The highest BCUT2D eigenvalue weighted by Gasteiger charge is 2.31. The predicted octanol–water partition coefficient (Wildman–Crippen LogP) is 2.21. The highest BCUT2D eigenvalue weighted by atomic mass is 15.2. The highest BCUT2D eigenvalue weighted by molar-refractivity contribution is 6.15. The Labute approximate surface area is 100 Å². The van der Waals surface area contributed by atoms with E-state index >= 15 is 0 Å². The number of hydrogen-bond acceptors (Lipinski definition) is 2. The zero-order valence-electron chi connectivity index (χ0n) is 11.1. The van der Waals surface area contributed by atoms with E-state index in [9.17, 15) is 0 Å². The Kier molecular flexibility index (Phi) is 4.06. The van der Waals surface area contributed by atoms with Crippen LogP contribution < -0.4 is 5.32 Å². The van der Waals surface area contributed by atoms with Crippen LogP contribution in [0, 0.1) is 0 Å². The normalized spacial score (nSPS) is 23.1. The van der Waals surface area contributed by atoms with Crippen LogP contribution in [0.3, 0.4) is 0 Å². The van der Waals surface area contributed by atoms with Crippen LogP contribution in [0.25, 0.3) is 0 Å². The molecule has 1 aliphatic rings. The molecule has 0 amide bonds. The first kappa shape index (κ1) is 13.1. The van der Waals surface area contributed by atoms with Crippen LogP contribution in [0.2, 0.25) is 0 Å². The van der Waals surface area contributed by atoms with Gasteiger partial charge >= 0.3 is 0 Å². The van der Waals surface area contributed by atoms with Gasteiger partial charge in [-0.2, -0.15) is 0 Å². The number of rotatable bonds is 1. The van der Waals surface area contributed by atoms with Gasteiger partial charge in [0.05, 0.1) is 13.5 Å². The fraction of sp³-hybridized carbons (Fsp3) is 0.750. The summed E-state index contributed by atoms with van der Waals surface area (Å²) < 4.78 is 2.11. The first-order valence-electron chi connectivity index (χ1n) is 6.09. The van der Waals surface area contributed by atoms with Crippen LogP contribution in [-0.4, -0.2) is 24.4 Å². The van der Waals surface area contributed by atoms with Crippen molar-refractivity contribution in [3.05, 3.63) is 11.4 Å². The lowest BCUT2D eigenvalue weighted by Gasteiger charge is -2.29. The number of imidazole rings is 1. The minimum Gasteiger partial charge on any atom is -0.359 e. The summed E-state index contributed by atoms with van der Waals surface area (Å²) >= 11 is 0. The van der Waals surface area contributed by atoms with E-state index in [1.807, 2.05) is 27.9 Å². The van der Waals surface area contributed by atoms with Crippen LogP contribution in [0.1, 0.15) is 45.0 Å². The lowest BCUT2D eigenvalue weighted by molar-refractivity contribution is 0.511. The van der Waals surface area contributed by atoms with Crippen molar-refractivity contribution in [2.75, 3.05) is 12.4 Å². The van der Waals surface area contributed by atoms with E-state index in [4.69, 9.17) is 7.85 Å². The van der Waals surface area contributed by atoms with Crippen molar-refractivity contribution in [1.82, 2.24) is 9.55 Å². The van der Waals surface area contributed by atoms with E-state index in [-0.39, 0.29) is 5.31 Å². The summed E-state index contributed by atoms with van der Waals surface area (Å²) in [4.78, 5) is 4.55. The highest BCUT2D eigenvalue weighted by Crippen LogP contribution is 2.34. The van der Waals surface area contributed by atoms with Crippen LogP contribution in [0.4, 0.5) is 5.95 Å². The molecular weight excluding hydrogens is 197 g/mol. The molecule has 16 heavy (non-hydrogen) atoms. The van der Waals surface area contributed by atoms with Crippen LogP contribution >= 0.6 is 0 Å². The Morgan fingerprint density at radius 1 is 1.44 bits per heavy atom. The van der Waals surface area contributed by atoms with E-state index in [1.54, 1.807) is 0 Å². The number of fused-ring (bicyclic) bond motifs is 1. The number of hydrogen-bond donors (Lipinski definition) is 1. The predicted molar refractivity (Wildman–Crippen MR) is 70.1 cm³/mol. The Bertz CT molecular complexity index is 355. The smallest absolute Gasteiger partial charge is 0.202 e. The Morgan fingerprint density at radius 2 is 2.06 bits per heavy atom. The van der Waals surface area contributed by atoms with Crippen molar-refractivity contribution in [1.29, 1.82) is 0 Å². The molecule has 0 aromatic carbocycles. The van der Waals surface area contributed by atoms with Crippen molar-refractivity contribution in [3.63, 3.8) is 0 Å². The molecule has 1 aromatic rings. The van der Waals surface area contributed by atoms with Crippen molar-refractivity contribution in [2.24, 2.45) is 7.05 Å². The average Bonchev–Trinajstić information content (AvgIpc) is 2.60. The summed E-state index contributed by atoms with van der Waals surface area (Å²) in [6.07, 6.45) is 3.27. The summed E-state index contributed by atoms with van der Waals surface area (Å²) in [6.45, 7) is 6.07. The van der Waals surface area contributed by atoms with Gasteiger partial charge in [-0.15, -0.1) is 0 Å². The molecule has 1 aromatic heterocycles. The molecule has 2 rings (SSSR count). The third-order valence-electron chi connectivity index (χ3n) is 3.09. The van der Waals surface area contributed by atoms with Gasteiger partial charge in [-0.05, 0) is 24.6 Å². The van der Waals surface area contributed by atoms with Gasteiger partial charge < -0.3 is 9.88 Å². The first-order chi connectivity index (χ1) is 7.56. The summed E-state index contributed by atoms with van der Waals surface area (Å²) in [5, 5.41) is 2.84. The largest absolute Gasteiger partial charge is 0.359 e. The molecule has 0 bridgehead atoms. The maximum atomic E-state index is 6.22. The number of anilines is 1. The Balaban J connectivity index is 0.000000606. The topological polar surface area (TPSA) is 29.9 Å². The summed E-state index contributed by atoms with van der Waals surface area (Å²) in [6, 6.07) is 0. The summed E-state index contributed by atoms with van der Waals surface area (Å²) in [7, 11) is 10.2. The molecule has 1 aliphatic carbocycles. The fourth-order valence-corrected chi connectivity index (χ4v) is 2.24. The molecule has 4 heteroatoms. The minimum absolute atomic E-state index is 0.250. The zero-order valence-corrected chi connectivity index (χ0v) is 11.1. The van der Waals surface area contributed by atoms with Crippen molar-refractivity contribution >= 4 is 13.8 Å². The molecule has 3 nitrogen and oxygen atoms in total. The maximum Gasteiger partial charge on any atom is 0.202 e. The molecule has 0 fully saturated rings. The van der Waals surface area contributed by atoms with E-state index in [0.717, 1.165) is 30.9 Å². The molecule has 0 aliphatic heterocycles. The molecule has 2 radical (unpaired) electrons. The van der Waals surface area contributed by atoms with Gasteiger partial charge in [0, 0.05) is 19.8 Å². The van der Waals surface area contributed by atoms with Gasteiger partial charge in [-0.25, -0.2) is 4.98 Å². The molecule has 88 valence electrons. The standard InChI is InChI=1S/C10H16BN3.C2H6/c1-10(11)6-4-5-7-8(10)13-9(12-2)14(7)3;1-2/h4-6H2,1-3H3,(H,12,13);1-2H3. The van der Waals surface area contributed by atoms with Gasteiger partial charge in [0.15, 0.2) is 0 Å². The minimum atomic E-state index is -0.250. The third-order valence-corrected chi connectivity index (χ3v) is 3.09. The second-order valence-corrected chi connectivity index (χ2v) is 4.31. The molecule has 1 unspecified atom stereocenters. The van der Waals surface area contributed by atoms with Gasteiger partial charge in [-0.1, -0.05) is 20.8 Å². The quantitative estimate of drug-likeness (QED) is 0.734. The average molecular weight is 219 g/mol. The fourth-order valence-electron chi connectivity index (χ4n) is 2.24. The molecule has 0 spiro atoms. The SMILES string of the molecule is CC.[B]C1(C)CCCc2c1nc(NC)n2C. The van der Waals surface area contributed by atoms with Gasteiger partial charge in [0.1, 0.15) is 0 Å². The lowest BCUT2D eigenvalue weighted by Crippen LogP contribution is -2.28. The first-order valence-corrected chi connectivity index (χ1v) is 6.09. The van der Waals surface area contributed by atoms with Crippen LogP contribution in [-0.2, 0) is 18.8 Å². The van der Waals surface area contributed by atoms with Crippen LogP contribution in [0.15, 0.2) is 0 Å². The lowest BCUT2D eigenvalue weighted by atomic mass is 9.62. The van der Waals surface area contributed by atoms with Crippen molar-refractivity contribution < 1.29 is 0 Å². The van der Waals surface area contributed by atoms with Gasteiger partial charge in [0.2, 0.25) is 5.95 Å². The van der Waals surface area contributed by atoms with Crippen molar-refractivity contribution in [2.45, 2.75) is 45.3 Å². The zero-order chi connectivity index (χ0) is 12.3. The van der Waals surface area contributed by atoms with Crippen molar-refractivity contribution in [3.8, 4) is 0 Å². The Morgan fingerprint density at radius 3 is 2.56 bits per heavy atom. The number of nitrogens with one attached hydrogen (secondary N) is 1.